The molecule has 1 aromatic carbocycles. The van der Waals surface area contributed by atoms with Gasteiger partial charge in [-0.15, -0.1) is 0 Å². The lowest BCUT2D eigenvalue weighted by Gasteiger charge is -2.33. The van der Waals surface area contributed by atoms with Crippen LogP contribution < -0.4 is 5.73 Å². The fourth-order valence-corrected chi connectivity index (χ4v) is 2.98. The van der Waals surface area contributed by atoms with E-state index in [4.69, 9.17) is 5.73 Å². The summed E-state index contributed by atoms with van der Waals surface area (Å²) in [6, 6.07) is 7.91. The van der Waals surface area contributed by atoms with Gasteiger partial charge in [0.25, 0.3) is 0 Å². The molecular weight excluding hydrogens is 269 g/mol. The number of hydrogen-bond donors (Lipinski definition) is 1. The molecule has 0 saturated heterocycles. The second kappa shape index (κ2) is 4.84. The first-order chi connectivity index (χ1) is 7.57. The van der Waals surface area contributed by atoms with Crippen molar-refractivity contribution in [3.63, 3.8) is 0 Å². The summed E-state index contributed by atoms with van der Waals surface area (Å²) in [6.07, 6.45) is 3.50. The molecule has 0 bridgehead atoms. The van der Waals surface area contributed by atoms with Gasteiger partial charge in [0.1, 0.15) is 5.67 Å². The lowest BCUT2D eigenvalue weighted by Crippen LogP contribution is -2.39. The van der Waals surface area contributed by atoms with Gasteiger partial charge >= 0.3 is 0 Å². The van der Waals surface area contributed by atoms with Crippen molar-refractivity contribution in [1.29, 1.82) is 0 Å². The van der Waals surface area contributed by atoms with Crippen LogP contribution in [0, 0.1) is 0 Å². The van der Waals surface area contributed by atoms with Crippen LogP contribution in [0.3, 0.4) is 0 Å². The van der Waals surface area contributed by atoms with Gasteiger partial charge in [-0.2, -0.15) is 0 Å². The van der Waals surface area contributed by atoms with Crippen molar-refractivity contribution in [2.75, 3.05) is 0 Å². The number of rotatable bonds is 2. The Labute approximate surface area is 104 Å². The van der Waals surface area contributed by atoms with Crippen LogP contribution in [0.25, 0.3) is 0 Å². The zero-order chi connectivity index (χ0) is 11.6. The van der Waals surface area contributed by atoms with Gasteiger partial charge < -0.3 is 5.73 Å². The molecule has 16 heavy (non-hydrogen) atoms. The SMILES string of the molecule is NC1CCCC(F)(Cc2cccc(Br)c2)C1. The molecule has 1 fully saturated rings. The van der Waals surface area contributed by atoms with Crippen molar-refractivity contribution >= 4 is 15.9 Å². The number of halogens is 2. The summed E-state index contributed by atoms with van der Waals surface area (Å²) in [4.78, 5) is 0. The maximum absolute atomic E-state index is 14.5. The first-order valence-corrected chi connectivity index (χ1v) is 6.56. The second-order valence-corrected chi connectivity index (χ2v) is 5.73. The smallest absolute Gasteiger partial charge is 0.116 e. The Hall–Kier alpha value is -0.410. The quantitative estimate of drug-likeness (QED) is 0.883. The van der Waals surface area contributed by atoms with E-state index >= 15 is 0 Å². The third-order valence-electron chi connectivity index (χ3n) is 3.24. The van der Waals surface area contributed by atoms with Crippen molar-refractivity contribution in [3.05, 3.63) is 34.3 Å². The predicted molar refractivity (Wildman–Crippen MR) is 68.1 cm³/mol. The second-order valence-electron chi connectivity index (χ2n) is 4.81. The minimum Gasteiger partial charge on any atom is -0.328 e. The topological polar surface area (TPSA) is 26.0 Å². The third-order valence-corrected chi connectivity index (χ3v) is 3.73. The standard InChI is InChI=1S/C13H17BrFN/c14-11-4-1-3-10(7-11)8-13(15)6-2-5-12(16)9-13/h1,3-4,7,12H,2,5-6,8-9,16H2. The molecule has 0 radical (unpaired) electrons. The minimum absolute atomic E-state index is 0.0332. The van der Waals surface area contributed by atoms with E-state index in [0.717, 1.165) is 22.9 Å². The van der Waals surface area contributed by atoms with Gasteiger partial charge in [0.2, 0.25) is 0 Å². The van der Waals surface area contributed by atoms with Crippen LogP contribution >= 0.6 is 15.9 Å². The molecule has 88 valence electrons. The highest BCUT2D eigenvalue weighted by atomic mass is 79.9. The summed E-state index contributed by atoms with van der Waals surface area (Å²) in [6.45, 7) is 0. The number of alkyl halides is 1. The third kappa shape index (κ3) is 3.05. The number of benzene rings is 1. The molecular formula is C13H17BrFN. The Kier molecular flexibility index (Phi) is 3.65. The largest absolute Gasteiger partial charge is 0.328 e. The summed E-state index contributed by atoms with van der Waals surface area (Å²) in [5.41, 5.74) is 5.79. The van der Waals surface area contributed by atoms with Gasteiger partial charge in [-0.25, -0.2) is 4.39 Å². The van der Waals surface area contributed by atoms with E-state index in [-0.39, 0.29) is 6.04 Å². The van der Waals surface area contributed by atoms with E-state index in [1.807, 2.05) is 24.3 Å². The van der Waals surface area contributed by atoms with Crippen LogP contribution in [-0.2, 0) is 6.42 Å². The fourth-order valence-electron chi connectivity index (χ4n) is 2.53. The highest BCUT2D eigenvalue weighted by molar-refractivity contribution is 9.10. The zero-order valence-corrected chi connectivity index (χ0v) is 10.8. The van der Waals surface area contributed by atoms with Gasteiger partial charge in [0.15, 0.2) is 0 Å². The van der Waals surface area contributed by atoms with E-state index in [0.29, 0.717) is 19.3 Å². The molecule has 1 aromatic rings. The average Bonchev–Trinajstić information content (AvgIpc) is 2.16. The van der Waals surface area contributed by atoms with Crippen molar-refractivity contribution in [1.82, 2.24) is 0 Å². The minimum atomic E-state index is -1.10. The van der Waals surface area contributed by atoms with E-state index in [9.17, 15) is 4.39 Å². The molecule has 1 saturated carbocycles. The molecule has 0 amide bonds. The molecule has 0 aliphatic heterocycles. The van der Waals surface area contributed by atoms with Gasteiger partial charge in [-0.3, -0.25) is 0 Å². The van der Waals surface area contributed by atoms with Gasteiger partial charge in [0.05, 0.1) is 0 Å². The van der Waals surface area contributed by atoms with Crippen molar-refractivity contribution in [3.8, 4) is 0 Å². The van der Waals surface area contributed by atoms with Crippen LogP contribution in [0.15, 0.2) is 28.7 Å². The van der Waals surface area contributed by atoms with E-state index in [1.165, 1.54) is 0 Å². The zero-order valence-electron chi connectivity index (χ0n) is 9.26. The van der Waals surface area contributed by atoms with Crippen LogP contribution in [0.1, 0.15) is 31.2 Å². The van der Waals surface area contributed by atoms with E-state index < -0.39 is 5.67 Å². The Morgan fingerprint density at radius 3 is 3.00 bits per heavy atom. The first kappa shape index (κ1) is 12.1. The van der Waals surface area contributed by atoms with Gasteiger partial charge in [-0.05, 0) is 43.4 Å². The van der Waals surface area contributed by atoms with Crippen molar-refractivity contribution in [2.45, 2.75) is 43.8 Å². The summed E-state index contributed by atoms with van der Waals surface area (Å²) < 4.78 is 15.6. The Balaban J connectivity index is 2.08. The summed E-state index contributed by atoms with van der Waals surface area (Å²) in [5.74, 6) is 0. The maximum atomic E-state index is 14.5. The molecule has 1 aliphatic rings. The van der Waals surface area contributed by atoms with Crippen LogP contribution in [0.2, 0.25) is 0 Å². The highest BCUT2D eigenvalue weighted by Gasteiger charge is 2.35. The summed E-state index contributed by atoms with van der Waals surface area (Å²) in [5, 5.41) is 0. The van der Waals surface area contributed by atoms with Crippen LogP contribution in [-0.4, -0.2) is 11.7 Å². The molecule has 0 aromatic heterocycles. The highest BCUT2D eigenvalue weighted by Crippen LogP contribution is 2.34. The lowest BCUT2D eigenvalue weighted by molar-refractivity contribution is 0.0965. The van der Waals surface area contributed by atoms with Gasteiger partial charge in [0, 0.05) is 16.9 Å². The molecule has 2 N–H and O–H groups in total. The monoisotopic (exact) mass is 285 g/mol. The predicted octanol–water partition coefficient (Wildman–Crippen LogP) is 3.60. The first-order valence-electron chi connectivity index (χ1n) is 5.76. The molecule has 0 heterocycles. The molecule has 1 aliphatic carbocycles. The van der Waals surface area contributed by atoms with Crippen molar-refractivity contribution < 1.29 is 4.39 Å². The molecule has 0 spiro atoms. The average molecular weight is 286 g/mol. The Bertz CT molecular complexity index is 369. The molecule has 2 rings (SSSR count). The molecule has 2 unspecified atom stereocenters. The fraction of sp³-hybridized carbons (Fsp3) is 0.538. The maximum Gasteiger partial charge on any atom is 0.116 e. The molecule has 1 nitrogen and oxygen atoms in total. The van der Waals surface area contributed by atoms with Gasteiger partial charge in [-0.1, -0.05) is 28.1 Å². The van der Waals surface area contributed by atoms with Crippen LogP contribution in [0.4, 0.5) is 4.39 Å². The van der Waals surface area contributed by atoms with Crippen LogP contribution in [0.5, 0.6) is 0 Å². The Morgan fingerprint density at radius 1 is 1.50 bits per heavy atom. The number of hydrogen-bond acceptors (Lipinski definition) is 1. The number of nitrogens with two attached hydrogens (primary N) is 1. The summed E-state index contributed by atoms with van der Waals surface area (Å²) in [7, 11) is 0. The van der Waals surface area contributed by atoms with Crippen molar-refractivity contribution in [2.24, 2.45) is 5.73 Å². The Morgan fingerprint density at radius 2 is 2.31 bits per heavy atom. The van der Waals surface area contributed by atoms with E-state index in [2.05, 4.69) is 15.9 Å². The van der Waals surface area contributed by atoms with E-state index in [1.54, 1.807) is 0 Å². The molecule has 2 atom stereocenters. The lowest BCUT2D eigenvalue weighted by atomic mass is 9.80. The summed E-state index contributed by atoms with van der Waals surface area (Å²) >= 11 is 3.41. The molecule has 3 heteroatoms. The normalized spacial score (nSPS) is 30.3.